The van der Waals surface area contributed by atoms with Gasteiger partial charge in [-0.25, -0.2) is 0 Å². The maximum atomic E-state index is 5.73. The molecule has 0 atom stereocenters. The molecular weight excluding hydrogens is 144 g/mol. The second kappa shape index (κ2) is 3.43. The minimum absolute atomic E-state index is 0.763. The van der Waals surface area contributed by atoms with Crippen LogP contribution in [0.3, 0.4) is 0 Å². The van der Waals surface area contributed by atoms with Crippen molar-refractivity contribution in [2.24, 2.45) is 0 Å². The van der Waals surface area contributed by atoms with Crippen LogP contribution in [0.4, 0.5) is 0 Å². The van der Waals surface area contributed by atoms with E-state index >= 15 is 0 Å². The molecule has 0 bridgehead atoms. The second-order valence-electron chi connectivity index (χ2n) is 2.07. The lowest BCUT2D eigenvalue weighted by Gasteiger charge is -1.94. The predicted octanol–water partition coefficient (Wildman–Crippen LogP) is 2.87. The van der Waals surface area contributed by atoms with E-state index in [4.69, 9.17) is 18.2 Å². The average Bonchev–Trinajstić information content (AvgIpc) is 1.88. The molecule has 0 aliphatic heterocycles. The Bertz CT molecular complexity index is 228. The van der Waals surface area contributed by atoms with Gasteiger partial charge in [0.05, 0.1) is 0 Å². The van der Waals surface area contributed by atoms with Gasteiger partial charge in [-0.15, -0.1) is 0 Å². The zero-order chi connectivity index (χ0) is 7.40. The molecule has 1 aromatic carbocycles. The SMILES string of the molecule is [CH]=CCc1cccc(Cl)c1. The van der Waals surface area contributed by atoms with Gasteiger partial charge in [0, 0.05) is 5.02 Å². The summed E-state index contributed by atoms with van der Waals surface area (Å²) in [4.78, 5) is 0. The highest BCUT2D eigenvalue weighted by Gasteiger charge is 1.88. The lowest BCUT2D eigenvalue weighted by Crippen LogP contribution is -1.77. The highest BCUT2D eigenvalue weighted by Crippen LogP contribution is 2.10. The molecule has 0 amide bonds. The standard InChI is InChI=1S/C9H8Cl/c1-2-4-8-5-3-6-9(10)7-8/h1-3,5-7H,4H2. The number of halogens is 1. The zero-order valence-electron chi connectivity index (χ0n) is 5.55. The Morgan fingerprint density at radius 3 is 2.90 bits per heavy atom. The molecule has 0 spiro atoms. The van der Waals surface area contributed by atoms with Crippen molar-refractivity contribution < 1.29 is 0 Å². The van der Waals surface area contributed by atoms with Crippen molar-refractivity contribution in [3.05, 3.63) is 47.5 Å². The third-order valence-corrected chi connectivity index (χ3v) is 1.48. The van der Waals surface area contributed by atoms with Gasteiger partial charge in [0.1, 0.15) is 0 Å². The lowest BCUT2D eigenvalue weighted by atomic mass is 10.2. The quantitative estimate of drug-likeness (QED) is 0.610. The molecule has 0 saturated carbocycles. The third kappa shape index (κ3) is 1.89. The van der Waals surface area contributed by atoms with E-state index in [2.05, 4.69) is 0 Å². The smallest absolute Gasteiger partial charge is 0.0408 e. The lowest BCUT2D eigenvalue weighted by molar-refractivity contribution is 1.27. The van der Waals surface area contributed by atoms with Crippen molar-refractivity contribution in [2.75, 3.05) is 0 Å². The number of benzene rings is 1. The summed E-state index contributed by atoms with van der Waals surface area (Å²) >= 11 is 5.73. The van der Waals surface area contributed by atoms with Crippen molar-refractivity contribution in [3.8, 4) is 0 Å². The molecule has 0 N–H and O–H groups in total. The van der Waals surface area contributed by atoms with E-state index in [1.165, 1.54) is 0 Å². The molecule has 0 nitrogen and oxygen atoms in total. The van der Waals surface area contributed by atoms with Gasteiger partial charge in [-0.2, -0.15) is 0 Å². The molecule has 0 fully saturated rings. The summed E-state index contributed by atoms with van der Waals surface area (Å²) in [7, 11) is 0. The van der Waals surface area contributed by atoms with Gasteiger partial charge in [-0.05, 0) is 24.1 Å². The van der Waals surface area contributed by atoms with Crippen LogP contribution in [0.25, 0.3) is 0 Å². The van der Waals surface area contributed by atoms with Crippen molar-refractivity contribution in [3.63, 3.8) is 0 Å². The van der Waals surface area contributed by atoms with Crippen LogP contribution in [0, 0.1) is 6.58 Å². The Hall–Kier alpha value is -0.750. The number of hydrogen-bond donors (Lipinski definition) is 0. The molecule has 10 heavy (non-hydrogen) atoms. The average molecular weight is 152 g/mol. The highest BCUT2D eigenvalue weighted by molar-refractivity contribution is 6.30. The summed E-state index contributed by atoms with van der Waals surface area (Å²) in [6, 6.07) is 7.67. The fourth-order valence-electron chi connectivity index (χ4n) is 0.800. The van der Waals surface area contributed by atoms with Crippen LogP contribution in [-0.2, 0) is 6.42 Å². The van der Waals surface area contributed by atoms with Crippen LogP contribution in [-0.4, -0.2) is 0 Å². The second-order valence-corrected chi connectivity index (χ2v) is 2.51. The molecule has 1 rings (SSSR count). The van der Waals surface area contributed by atoms with Crippen molar-refractivity contribution in [1.29, 1.82) is 0 Å². The van der Waals surface area contributed by atoms with Crippen LogP contribution < -0.4 is 0 Å². The van der Waals surface area contributed by atoms with Gasteiger partial charge >= 0.3 is 0 Å². The number of rotatable bonds is 2. The molecule has 51 valence electrons. The highest BCUT2D eigenvalue weighted by atomic mass is 35.5. The van der Waals surface area contributed by atoms with Crippen LogP contribution >= 0.6 is 11.6 Å². The van der Waals surface area contributed by atoms with Crippen LogP contribution in [0.2, 0.25) is 5.02 Å². The van der Waals surface area contributed by atoms with Crippen molar-refractivity contribution >= 4 is 11.6 Å². The molecule has 1 heteroatoms. The Kier molecular flexibility index (Phi) is 2.52. The maximum Gasteiger partial charge on any atom is 0.0408 e. The van der Waals surface area contributed by atoms with Gasteiger partial charge in [-0.1, -0.05) is 36.4 Å². The van der Waals surface area contributed by atoms with Gasteiger partial charge in [-0.3, -0.25) is 0 Å². The van der Waals surface area contributed by atoms with Crippen LogP contribution in [0.15, 0.2) is 30.3 Å². The Morgan fingerprint density at radius 1 is 1.50 bits per heavy atom. The summed E-state index contributed by atoms with van der Waals surface area (Å²) in [6.45, 7) is 5.24. The van der Waals surface area contributed by atoms with Crippen molar-refractivity contribution in [2.45, 2.75) is 6.42 Å². The predicted molar refractivity (Wildman–Crippen MR) is 44.0 cm³/mol. The summed E-state index contributed by atoms with van der Waals surface area (Å²) in [5.74, 6) is 0. The number of allylic oxidation sites excluding steroid dienone is 1. The van der Waals surface area contributed by atoms with Gasteiger partial charge in [0.2, 0.25) is 0 Å². The minimum Gasteiger partial charge on any atom is -0.0843 e. The molecule has 0 saturated heterocycles. The summed E-state index contributed by atoms with van der Waals surface area (Å²) in [5.41, 5.74) is 1.15. The Balaban J connectivity index is 2.84. The van der Waals surface area contributed by atoms with Crippen LogP contribution in [0.1, 0.15) is 5.56 Å². The van der Waals surface area contributed by atoms with Crippen LogP contribution in [0.5, 0.6) is 0 Å². The maximum absolute atomic E-state index is 5.73. The normalized spacial score (nSPS) is 9.30. The van der Waals surface area contributed by atoms with E-state index in [1.54, 1.807) is 6.08 Å². The molecule has 1 aromatic rings. The molecule has 0 aromatic heterocycles. The fourth-order valence-corrected chi connectivity index (χ4v) is 1.01. The summed E-state index contributed by atoms with van der Waals surface area (Å²) < 4.78 is 0. The van der Waals surface area contributed by atoms with Crippen molar-refractivity contribution in [1.82, 2.24) is 0 Å². The topological polar surface area (TPSA) is 0 Å². The van der Waals surface area contributed by atoms with E-state index in [0.717, 1.165) is 17.0 Å². The largest absolute Gasteiger partial charge is 0.0843 e. The van der Waals surface area contributed by atoms with E-state index < -0.39 is 0 Å². The van der Waals surface area contributed by atoms with Gasteiger partial charge in [0.15, 0.2) is 0 Å². The number of hydrogen-bond acceptors (Lipinski definition) is 0. The van der Waals surface area contributed by atoms with E-state index in [0.29, 0.717) is 0 Å². The summed E-state index contributed by atoms with van der Waals surface area (Å²) in [6.07, 6.45) is 2.40. The molecule has 0 aliphatic rings. The van der Waals surface area contributed by atoms with E-state index in [9.17, 15) is 0 Å². The monoisotopic (exact) mass is 151 g/mol. The van der Waals surface area contributed by atoms with E-state index in [-0.39, 0.29) is 0 Å². The molecule has 0 aliphatic carbocycles. The Labute approximate surface area is 66.1 Å². The summed E-state index contributed by atoms with van der Waals surface area (Å²) in [5, 5.41) is 0.763. The first-order chi connectivity index (χ1) is 4.83. The minimum atomic E-state index is 0.763. The molecule has 0 unspecified atom stereocenters. The first kappa shape index (κ1) is 7.36. The van der Waals surface area contributed by atoms with E-state index in [1.807, 2.05) is 24.3 Å². The zero-order valence-corrected chi connectivity index (χ0v) is 6.31. The molecule has 0 heterocycles. The first-order valence-corrected chi connectivity index (χ1v) is 3.48. The van der Waals surface area contributed by atoms with Gasteiger partial charge in [0.25, 0.3) is 0 Å². The first-order valence-electron chi connectivity index (χ1n) is 3.11. The Morgan fingerprint density at radius 2 is 2.30 bits per heavy atom. The molecular formula is C9H8Cl. The third-order valence-electron chi connectivity index (χ3n) is 1.24. The fraction of sp³-hybridized carbons (Fsp3) is 0.111. The van der Waals surface area contributed by atoms with Gasteiger partial charge < -0.3 is 0 Å². The molecule has 1 radical (unpaired) electrons.